The van der Waals surface area contributed by atoms with Crippen molar-refractivity contribution in [3.8, 4) is 11.6 Å². The maximum absolute atomic E-state index is 12.1. The lowest BCUT2D eigenvalue weighted by Crippen LogP contribution is -2.10. The normalized spacial score (nSPS) is 11.3. The van der Waals surface area contributed by atoms with Crippen molar-refractivity contribution in [1.29, 1.82) is 0 Å². The number of amides is 1. The van der Waals surface area contributed by atoms with Crippen molar-refractivity contribution >= 4 is 28.5 Å². The van der Waals surface area contributed by atoms with Crippen LogP contribution in [0.5, 0.6) is 11.6 Å². The molecule has 156 valence electrons. The fraction of sp³-hybridized carbons (Fsp3) is 0.273. The topological polar surface area (TPSA) is 102 Å². The largest absolute Gasteiger partial charge is 0.493 e. The molecule has 1 heterocycles. The number of para-hydroxylation sites is 1. The van der Waals surface area contributed by atoms with E-state index in [-0.39, 0.29) is 24.7 Å². The summed E-state index contributed by atoms with van der Waals surface area (Å²) in [5.41, 5.74) is 1.85. The van der Waals surface area contributed by atoms with Crippen LogP contribution in [0.4, 0.5) is 5.69 Å². The van der Waals surface area contributed by atoms with Crippen molar-refractivity contribution < 1.29 is 24.2 Å². The van der Waals surface area contributed by atoms with Gasteiger partial charge in [0.15, 0.2) is 12.3 Å². The van der Waals surface area contributed by atoms with Gasteiger partial charge >= 0.3 is 11.9 Å². The minimum absolute atomic E-state index is 0.101. The minimum Gasteiger partial charge on any atom is -0.493 e. The van der Waals surface area contributed by atoms with Crippen LogP contribution in [0.1, 0.15) is 25.3 Å². The van der Waals surface area contributed by atoms with Crippen molar-refractivity contribution in [2.75, 3.05) is 13.7 Å². The fourth-order valence-corrected chi connectivity index (χ4v) is 2.95. The van der Waals surface area contributed by atoms with Crippen LogP contribution >= 0.6 is 0 Å². The quantitative estimate of drug-likeness (QED) is 0.462. The molecule has 0 saturated carbocycles. The molecule has 0 aliphatic rings. The number of methoxy groups -OCH3 is 1. The number of hydrogen-bond acceptors (Lipinski definition) is 6. The number of carbonyl (C=O) groups is 2. The number of benzene rings is 2. The molecule has 3 rings (SSSR count). The molecule has 0 fully saturated rings. The number of aromatic nitrogens is 1. The van der Waals surface area contributed by atoms with Gasteiger partial charge in [-0.2, -0.15) is 0 Å². The first-order chi connectivity index (χ1) is 14.4. The molecule has 30 heavy (non-hydrogen) atoms. The van der Waals surface area contributed by atoms with E-state index in [0.29, 0.717) is 22.6 Å². The standard InChI is InChI=1S/C22H23N3O5/c1-14(2)15-8-10-16(11-9-15)30-13-19(26)23-24-21-17-6-4-5-7-18(17)25(22(21)28)12-20(27)29-3/h4-11,14,28H,12-13H2,1-3H3. The van der Waals surface area contributed by atoms with E-state index < -0.39 is 11.9 Å². The number of ether oxygens (including phenoxy) is 2. The second-order valence-electron chi connectivity index (χ2n) is 6.96. The summed E-state index contributed by atoms with van der Waals surface area (Å²) in [6.45, 7) is 3.71. The Balaban J connectivity index is 1.74. The van der Waals surface area contributed by atoms with Gasteiger partial charge in [0.05, 0.1) is 12.6 Å². The molecule has 1 aromatic heterocycles. The van der Waals surface area contributed by atoms with Crippen LogP contribution in [0.3, 0.4) is 0 Å². The average molecular weight is 409 g/mol. The van der Waals surface area contributed by atoms with Crippen LogP contribution in [-0.4, -0.2) is 35.3 Å². The maximum atomic E-state index is 12.1. The van der Waals surface area contributed by atoms with Crippen LogP contribution in [0.15, 0.2) is 58.8 Å². The Morgan fingerprint density at radius 1 is 1.10 bits per heavy atom. The molecule has 3 aromatic rings. The monoisotopic (exact) mass is 409 g/mol. The molecule has 2 aromatic carbocycles. The number of rotatable bonds is 7. The van der Waals surface area contributed by atoms with Crippen LogP contribution in [0.25, 0.3) is 10.9 Å². The Morgan fingerprint density at radius 2 is 1.80 bits per heavy atom. The Morgan fingerprint density at radius 3 is 2.47 bits per heavy atom. The van der Waals surface area contributed by atoms with E-state index in [1.807, 2.05) is 12.1 Å². The summed E-state index contributed by atoms with van der Waals surface area (Å²) in [5, 5.41) is 18.6. The first-order valence-electron chi connectivity index (χ1n) is 9.45. The SMILES string of the molecule is COC(=O)Cn1c(O)c(N=NC(=O)COc2ccc(C(C)C)cc2)c2ccccc21. The summed E-state index contributed by atoms with van der Waals surface area (Å²) in [6.07, 6.45) is 0. The van der Waals surface area contributed by atoms with Crippen LogP contribution in [0, 0.1) is 0 Å². The Hall–Kier alpha value is -3.68. The highest BCUT2D eigenvalue weighted by Crippen LogP contribution is 2.38. The zero-order valence-electron chi connectivity index (χ0n) is 17.0. The third kappa shape index (κ3) is 4.65. The molecule has 0 saturated heterocycles. The number of carbonyl (C=O) groups excluding carboxylic acids is 2. The van der Waals surface area contributed by atoms with Crippen LogP contribution < -0.4 is 4.74 Å². The van der Waals surface area contributed by atoms with Gasteiger partial charge in [-0.15, -0.1) is 10.2 Å². The summed E-state index contributed by atoms with van der Waals surface area (Å²) in [4.78, 5) is 23.7. The minimum atomic E-state index is -0.605. The molecule has 0 aliphatic heterocycles. The highest BCUT2D eigenvalue weighted by Gasteiger charge is 2.19. The third-order valence-corrected chi connectivity index (χ3v) is 4.60. The predicted octanol–water partition coefficient (Wildman–Crippen LogP) is 4.33. The first-order valence-corrected chi connectivity index (χ1v) is 9.45. The van der Waals surface area contributed by atoms with E-state index in [1.54, 1.807) is 36.4 Å². The van der Waals surface area contributed by atoms with Gasteiger partial charge in [-0.1, -0.05) is 44.2 Å². The summed E-state index contributed by atoms with van der Waals surface area (Å²) in [6, 6.07) is 14.4. The van der Waals surface area contributed by atoms with Gasteiger partial charge in [0.2, 0.25) is 5.88 Å². The lowest BCUT2D eigenvalue weighted by atomic mass is 10.0. The Kier molecular flexibility index (Phi) is 6.46. The average Bonchev–Trinajstić information content (AvgIpc) is 3.02. The number of esters is 1. The van der Waals surface area contributed by atoms with Crippen LogP contribution in [0.2, 0.25) is 0 Å². The van der Waals surface area contributed by atoms with Gasteiger partial charge in [0.1, 0.15) is 12.3 Å². The van der Waals surface area contributed by atoms with Gasteiger partial charge in [0, 0.05) is 5.39 Å². The van der Waals surface area contributed by atoms with Crippen LogP contribution in [-0.2, 0) is 20.9 Å². The van der Waals surface area contributed by atoms with E-state index in [1.165, 1.54) is 17.2 Å². The molecule has 0 spiro atoms. The van der Waals surface area contributed by atoms with Gasteiger partial charge in [-0.3, -0.25) is 14.2 Å². The molecular formula is C22H23N3O5. The molecule has 0 atom stereocenters. The molecule has 8 heteroatoms. The highest BCUT2D eigenvalue weighted by atomic mass is 16.5. The zero-order valence-corrected chi connectivity index (χ0v) is 17.0. The molecule has 0 bridgehead atoms. The van der Waals surface area contributed by atoms with E-state index in [9.17, 15) is 14.7 Å². The lowest BCUT2D eigenvalue weighted by Gasteiger charge is -2.07. The van der Waals surface area contributed by atoms with Gasteiger partial charge in [0.25, 0.3) is 0 Å². The third-order valence-electron chi connectivity index (χ3n) is 4.60. The van der Waals surface area contributed by atoms with Gasteiger partial charge in [-0.25, -0.2) is 0 Å². The summed E-state index contributed by atoms with van der Waals surface area (Å²) in [5.74, 6) is -0.443. The smallest absolute Gasteiger partial charge is 0.325 e. The Labute approximate surface area is 173 Å². The molecule has 0 radical (unpaired) electrons. The lowest BCUT2D eigenvalue weighted by molar-refractivity contribution is -0.141. The van der Waals surface area contributed by atoms with Crippen molar-refractivity contribution in [3.05, 3.63) is 54.1 Å². The van der Waals surface area contributed by atoms with E-state index >= 15 is 0 Å². The molecule has 1 amide bonds. The second kappa shape index (κ2) is 9.21. The number of hydrogen-bond donors (Lipinski definition) is 1. The van der Waals surface area contributed by atoms with Crippen molar-refractivity contribution in [1.82, 2.24) is 4.57 Å². The van der Waals surface area contributed by atoms with E-state index in [2.05, 4.69) is 28.8 Å². The zero-order chi connectivity index (χ0) is 21.7. The highest BCUT2D eigenvalue weighted by molar-refractivity contribution is 5.96. The molecule has 1 N–H and O–H groups in total. The molecular weight excluding hydrogens is 386 g/mol. The van der Waals surface area contributed by atoms with Crippen molar-refractivity contribution in [3.63, 3.8) is 0 Å². The molecule has 8 nitrogen and oxygen atoms in total. The summed E-state index contributed by atoms with van der Waals surface area (Å²) < 4.78 is 11.5. The van der Waals surface area contributed by atoms with E-state index in [0.717, 1.165) is 0 Å². The predicted molar refractivity (Wildman–Crippen MR) is 111 cm³/mol. The van der Waals surface area contributed by atoms with Crippen molar-refractivity contribution in [2.24, 2.45) is 10.2 Å². The number of nitrogens with zero attached hydrogens (tertiary/aromatic N) is 3. The Bertz CT molecular complexity index is 1080. The molecule has 0 unspecified atom stereocenters. The second-order valence-corrected chi connectivity index (χ2v) is 6.96. The maximum Gasteiger partial charge on any atom is 0.325 e. The number of azo groups is 1. The molecule has 0 aliphatic carbocycles. The van der Waals surface area contributed by atoms with Crippen molar-refractivity contribution in [2.45, 2.75) is 26.3 Å². The van der Waals surface area contributed by atoms with E-state index in [4.69, 9.17) is 4.74 Å². The number of aromatic hydroxyl groups is 1. The summed E-state index contributed by atoms with van der Waals surface area (Å²) in [7, 11) is 1.26. The van der Waals surface area contributed by atoms with Gasteiger partial charge in [-0.05, 0) is 29.7 Å². The van der Waals surface area contributed by atoms with Gasteiger partial charge < -0.3 is 14.6 Å². The fourth-order valence-electron chi connectivity index (χ4n) is 2.95. The summed E-state index contributed by atoms with van der Waals surface area (Å²) >= 11 is 0. The first kappa shape index (κ1) is 21.0. The number of fused-ring (bicyclic) bond motifs is 1.